The van der Waals surface area contributed by atoms with Gasteiger partial charge in [-0.1, -0.05) is 0 Å². The Hall–Kier alpha value is -1.62. The number of oxazole rings is 1. The molecule has 0 bridgehead atoms. The highest BCUT2D eigenvalue weighted by molar-refractivity contribution is 5.32. The minimum Gasteiger partial charge on any atom is -0.427 e. The number of rotatable bonds is 1. The van der Waals surface area contributed by atoms with E-state index in [1.807, 2.05) is 20.8 Å². The van der Waals surface area contributed by atoms with E-state index in [1.54, 1.807) is 4.68 Å². The summed E-state index contributed by atoms with van der Waals surface area (Å²) in [5.74, 6) is 0.850. The second kappa shape index (κ2) is 3.18. The van der Waals surface area contributed by atoms with E-state index in [4.69, 9.17) is 4.42 Å². The highest BCUT2D eigenvalue weighted by Crippen LogP contribution is 2.22. The van der Waals surface area contributed by atoms with Crippen molar-refractivity contribution >= 4 is 0 Å². The van der Waals surface area contributed by atoms with Gasteiger partial charge in [-0.25, -0.2) is 0 Å². The lowest BCUT2D eigenvalue weighted by Gasteiger charge is -1.99. The molecule has 0 radical (unpaired) electrons. The van der Waals surface area contributed by atoms with Gasteiger partial charge in [0.15, 0.2) is 0 Å². The van der Waals surface area contributed by atoms with Gasteiger partial charge in [0.2, 0.25) is 0 Å². The number of aryl methyl sites for hydroxylation is 2. The molecule has 84 valence electrons. The van der Waals surface area contributed by atoms with Crippen LogP contribution in [0.3, 0.4) is 0 Å². The minimum absolute atomic E-state index is 0.571. The van der Waals surface area contributed by atoms with Crippen LogP contribution < -0.4 is 5.32 Å². The molecule has 0 aromatic carbocycles. The Morgan fingerprint density at radius 1 is 1.25 bits per heavy atom. The van der Waals surface area contributed by atoms with Gasteiger partial charge in [0.05, 0.1) is 17.1 Å². The van der Waals surface area contributed by atoms with Gasteiger partial charge in [-0.15, -0.1) is 0 Å². The van der Waals surface area contributed by atoms with Crippen LogP contribution in [0.25, 0.3) is 6.01 Å². The summed E-state index contributed by atoms with van der Waals surface area (Å²) < 4.78 is 7.38. The molecule has 0 amide bonds. The van der Waals surface area contributed by atoms with Gasteiger partial charge in [-0.05, 0) is 20.8 Å². The quantitative estimate of drug-likeness (QED) is 0.785. The van der Waals surface area contributed by atoms with E-state index in [0.717, 1.165) is 35.9 Å². The normalized spacial score (nSPS) is 14.4. The van der Waals surface area contributed by atoms with Gasteiger partial charge in [0.25, 0.3) is 0 Å². The second-order valence-corrected chi connectivity index (χ2v) is 4.16. The molecule has 0 saturated carbocycles. The maximum absolute atomic E-state index is 5.59. The second-order valence-electron chi connectivity index (χ2n) is 4.16. The third-order valence-electron chi connectivity index (χ3n) is 3.12. The molecule has 0 aliphatic carbocycles. The first-order chi connectivity index (χ1) is 7.66. The molecule has 0 unspecified atom stereocenters. The van der Waals surface area contributed by atoms with E-state index in [2.05, 4.69) is 15.4 Å². The van der Waals surface area contributed by atoms with Crippen LogP contribution in [0.1, 0.15) is 28.4 Å². The Morgan fingerprint density at radius 2 is 2.06 bits per heavy atom. The van der Waals surface area contributed by atoms with Crippen LogP contribution >= 0.6 is 0 Å². The molecule has 16 heavy (non-hydrogen) atoms. The lowest BCUT2D eigenvalue weighted by molar-refractivity contribution is 0.479. The van der Waals surface area contributed by atoms with E-state index < -0.39 is 0 Å². The Morgan fingerprint density at radius 3 is 2.69 bits per heavy atom. The molecular weight excluding hydrogens is 204 g/mol. The fourth-order valence-electron chi connectivity index (χ4n) is 2.00. The third kappa shape index (κ3) is 1.21. The average molecular weight is 218 g/mol. The largest absolute Gasteiger partial charge is 0.427 e. The lowest BCUT2D eigenvalue weighted by Crippen LogP contribution is -2.07. The van der Waals surface area contributed by atoms with E-state index in [-0.39, 0.29) is 0 Å². The number of hydrogen-bond acceptors (Lipinski definition) is 4. The zero-order chi connectivity index (χ0) is 11.3. The van der Waals surface area contributed by atoms with E-state index in [9.17, 15) is 0 Å². The van der Waals surface area contributed by atoms with Gasteiger partial charge >= 0.3 is 6.01 Å². The van der Waals surface area contributed by atoms with Crippen LogP contribution in [0.4, 0.5) is 0 Å². The maximum atomic E-state index is 5.59. The minimum atomic E-state index is 0.571. The summed E-state index contributed by atoms with van der Waals surface area (Å²) in [6.45, 7) is 7.63. The van der Waals surface area contributed by atoms with Crippen molar-refractivity contribution in [1.82, 2.24) is 20.1 Å². The van der Waals surface area contributed by atoms with Crippen molar-refractivity contribution in [3.63, 3.8) is 0 Å². The Balaban J connectivity index is 2.13. The lowest BCUT2D eigenvalue weighted by atomic mass is 10.2. The van der Waals surface area contributed by atoms with Gasteiger partial charge < -0.3 is 9.73 Å². The van der Waals surface area contributed by atoms with Crippen molar-refractivity contribution < 1.29 is 4.42 Å². The Kier molecular flexibility index (Phi) is 1.91. The number of hydrogen-bond donors (Lipinski definition) is 1. The molecule has 2 aromatic rings. The van der Waals surface area contributed by atoms with E-state index in [1.165, 1.54) is 5.56 Å². The molecule has 0 spiro atoms. The van der Waals surface area contributed by atoms with Crippen LogP contribution in [0, 0.1) is 20.8 Å². The molecule has 1 aliphatic heterocycles. The molecule has 5 nitrogen and oxygen atoms in total. The summed E-state index contributed by atoms with van der Waals surface area (Å²) in [7, 11) is 0. The monoisotopic (exact) mass is 218 g/mol. The fourth-order valence-corrected chi connectivity index (χ4v) is 2.00. The summed E-state index contributed by atoms with van der Waals surface area (Å²) in [5, 5.41) is 7.79. The molecule has 0 fully saturated rings. The number of nitrogens with one attached hydrogen (secondary N) is 1. The molecule has 3 rings (SSSR count). The van der Waals surface area contributed by atoms with E-state index in [0.29, 0.717) is 6.01 Å². The first-order valence-electron chi connectivity index (χ1n) is 5.39. The zero-order valence-corrected chi connectivity index (χ0v) is 9.66. The average Bonchev–Trinajstić information content (AvgIpc) is 2.87. The van der Waals surface area contributed by atoms with Gasteiger partial charge in [0, 0.05) is 18.7 Å². The van der Waals surface area contributed by atoms with Crippen molar-refractivity contribution in [3.05, 3.63) is 28.4 Å². The van der Waals surface area contributed by atoms with Crippen LogP contribution in [0.5, 0.6) is 0 Å². The fraction of sp³-hybridized carbons (Fsp3) is 0.455. The van der Waals surface area contributed by atoms with Crippen LogP contribution in [0.2, 0.25) is 0 Å². The highest BCUT2D eigenvalue weighted by atomic mass is 16.4. The molecule has 1 aliphatic rings. The topological polar surface area (TPSA) is 55.9 Å². The molecule has 0 saturated heterocycles. The Bertz CT molecular complexity index is 533. The van der Waals surface area contributed by atoms with Crippen molar-refractivity contribution in [2.24, 2.45) is 0 Å². The number of fused-ring (bicyclic) bond motifs is 1. The summed E-state index contributed by atoms with van der Waals surface area (Å²) in [4.78, 5) is 4.37. The molecule has 0 atom stereocenters. The van der Waals surface area contributed by atoms with Gasteiger partial charge in [0.1, 0.15) is 5.76 Å². The third-order valence-corrected chi connectivity index (χ3v) is 3.12. The van der Waals surface area contributed by atoms with E-state index >= 15 is 0 Å². The van der Waals surface area contributed by atoms with Gasteiger partial charge in [-0.3, -0.25) is 0 Å². The maximum Gasteiger partial charge on any atom is 0.323 e. The summed E-state index contributed by atoms with van der Waals surface area (Å²) in [6, 6.07) is 0.571. The predicted molar refractivity (Wildman–Crippen MR) is 58.4 cm³/mol. The standard InChI is InChI=1S/C11H14N4O/c1-6-8(3)16-11(13-6)15-7(2)9-4-12-5-10(9)14-15/h12H,4-5H2,1-3H3. The zero-order valence-electron chi connectivity index (χ0n) is 9.66. The molecule has 2 aromatic heterocycles. The smallest absolute Gasteiger partial charge is 0.323 e. The Labute approximate surface area is 93.5 Å². The summed E-state index contributed by atoms with van der Waals surface area (Å²) in [5.41, 5.74) is 4.41. The van der Waals surface area contributed by atoms with Crippen molar-refractivity contribution in [2.45, 2.75) is 33.9 Å². The molecular formula is C11H14N4O. The molecule has 3 heterocycles. The highest BCUT2D eigenvalue weighted by Gasteiger charge is 2.21. The van der Waals surface area contributed by atoms with Crippen LogP contribution in [-0.2, 0) is 13.1 Å². The van der Waals surface area contributed by atoms with Crippen molar-refractivity contribution in [3.8, 4) is 6.01 Å². The molecule has 5 heteroatoms. The predicted octanol–water partition coefficient (Wildman–Crippen LogP) is 1.39. The van der Waals surface area contributed by atoms with Crippen molar-refractivity contribution in [2.75, 3.05) is 0 Å². The van der Waals surface area contributed by atoms with Crippen LogP contribution in [-0.4, -0.2) is 14.8 Å². The number of nitrogens with zero attached hydrogens (tertiary/aromatic N) is 3. The number of aromatic nitrogens is 3. The summed E-state index contributed by atoms with van der Waals surface area (Å²) in [6.07, 6.45) is 0. The first kappa shape index (κ1) is 9.59. The molecule has 1 N–H and O–H groups in total. The SMILES string of the molecule is Cc1nc(-n2nc3c(c2C)CNC3)oc1C. The van der Waals surface area contributed by atoms with Crippen molar-refractivity contribution in [1.29, 1.82) is 0 Å². The van der Waals surface area contributed by atoms with Gasteiger partial charge in [-0.2, -0.15) is 14.8 Å². The van der Waals surface area contributed by atoms with Crippen LogP contribution in [0.15, 0.2) is 4.42 Å². The first-order valence-corrected chi connectivity index (χ1v) is 5.39. The summed E-state index contributed by atoms with van der Waals surface area (Å²) >= 11 is 0.